The first kappa shape index (κ1) is 12.1. The second kappa shape index (κ2) is 5.82. The number of nitrogens with one attached hydrogen (secondary N) is 1. The van der Waals surface area contributed by atoms with Crippen LogP contribution in [0.15, 0.2) is 21.2 Å². The minimum atomic E-state index is 0.0496. The van der Waals surface area contributed by atoms with Crippen LogP contribution in [0.1, 0.15) is 37.5 Å². The first-order valence-corrected chi connectivity index (χ1v) is 6.41. The minimum Gasteiger partial charge on any atom is -0.466 e. The van der Waals surface area contributed by atoms with E-state index in [1.165, 1.54) is 6.42 Å². The fourth-order valence-electron chi connectivity index (χ4n) is 2.07. The maximum atomic E-state index is 5.58. The van der Waals surface area contributed by atoms with Gasteiger partial charge >= 0.3 is 0 Å². The van der Waals surface area contributed by atoms with Crippen LogP contribution in [0.5, 0.6) is 0 Å². The quantitative estimate of drug-likeness (QED) is 0.646. The highest BCUT2D eigenvalue weighted by Crippen LogP contribution is 2.29. The van der Waals surface area contributed by atoms with Crippen LogP contribution in [0, 0.1) is 0 Å². The predicted octanol–water partition coefficient (Wildman–Crippen LogP) is 2.51. The van der Waals surface area contributed by atoms with Crippen molar-refractivity contribution >= 4 is 15.9 Å². The molecular formula is C11H17BrN2O2. The van der Waals surface area contributed by atoms with E-state index in [1.54, 1.807) is 6.26 Å². The molecule has 2 unspecified atom stereocenters. The molecule has 1 aliphatic heterocycles. The highest BCUT2D eigenvalue weighted by Gasteiger charge is 2.21. The highest BCUT2D eigenvalue weighted by molar-refractivity contribution is 9.10. The molecule has 0 bridgehead atoms. The maximum absolute atomic E-state index is 5.58. The van der Waals surface area contributed by atoms with Crippen molar-refractivity contribution in [3.8, 4) is 0 Å². The zero-order chi connectivity index (χ0) is 11.4. The van der Waals surface area contributed by atoms with E-state index in [4.69, 9.17) is 15.0 Å². The van der Waals surface area contributed by atoms with Crippen LogP contribution in [0.2, 0.25) is 0 Å². The van der Waals surface area contributed by atoms with Crippen LogP contribution < -0.4 is 11.3 Å². The van der Waals surface area contributed by atoms with Gasteiger partial charge in [-0.1, -0.05) is 0 Å². The van der Waals surface area contributed by atoms with Crippen LogP contribution in [0.25, 0.3) is 0 Å². The summed E-state index contributed by atoms with van der Waals surface area (Å²) < 4.78 is 11.9. The van der Waals surface area contributed by atoms with Gasteiger partial charge in [0.25, 0.3) is 0 Å². The van der Waals surface area contributed by atoms with Crippen LogP contribution in [-0.4, -0.2) is 12.7 Å². The molecule has 0 radical (unpaired) electrons. The normalized spacial score (nSPS) is 22.5. The Morgan fingerprint density at radius 2 is 2.50 bits per heavy atom. The summed E-state index contributed by atoms with van der Waals surface area (Å²) in [6.07, 6.45) is 6.34. The summed E-state index contributed by atoms with van der Waals surface area (Å²) in [5, 5.41) is 0. The standard InChI is InChI=1S/C11H17BrN2O2/c12-9-5-7-16-11(9)10(14-13)4-3-8-2-1-6-15-8/h5,7-8,10,14H,1-4,6,13H2. The zero-order valence-electron chi connectivity index (χ0n) is 9.12. The lowest BCUT2D eigenvalue weighted by Crippen LogP contribution is -2.28. The molecule has 1 aliphatic rings. The van der Waals surface area contributed by atoms with E-state index in [1.807, 2.05) is 6.07 Å². The molecular weight excluding hydrogens is 272 g/mol. The van der Waals surface area contributed by atoms with E-state index in [-0.39, 0.29) is 6.04 Å². The number of ether oxygens (including phenoxy) is 1. The number of hydrazine groups is 1. The molecule has 0 aromatic carbocycles. The molecule has 2 heterocycles. The Labute approximate surface area is 104 Å². The molecule has 3 N–H and O–H groups in total. The summed E-state index contributed by atoms with van der Waals surface area (Å²) >= 11 is 3.44. The lowest BCUT2D eigenvalue weighted by atomic mass is 10.0. The molecule has 16 heavy (non-hydrogen) atoms. The topological polar surface area (TPSA) is 60.4 Å². The van der Waals surface area contributed by atoms with Crippen LogP contribution >= 0.6 is 15.9 Å². The lowest BCUT2D eigenvalue weighted by Gasteiger charge is -2.16. The highest BCUT2D eigenvalue weighted by atomic mass is 79.9. The summed E-state index contributed by atoms with van der Waals surface area (Å²) in [5.74, 6) is 6.41. The van der Waals surface area contributed by atoms with E-state index in [2.05, 4.69) is 21.4 Å². The van der Waals surface area contributed by atoms with Crippen molar-refractivity contribution in [2.24, 2.45) is 5.84 Å². The number of hydrogen-bond donors (Lipinski definition) is 2. The van der Waals surface area contributed by atoms with Crippen LogP contribution in [0.4, 0.5) is 0 Å². The Balaban J connectivity index is 1.88. The van der Waals surface area contributed by atoms with E-state index >= 15 is 0 Å². The third-order valence-electron chi connectivity index (χ3n) is 2.96. The largest absolute Gasteiger partial charge is 0.466 e. The first-order chi connectivity index (χ1) is 7.81. The van der Waals surface area contributed by atoms with Gasteiger partial charge in [0.1, 0.15) is 5.76 Å². The predicted molar refractivity (Wildman–Crippen MR) is 64.7 cm³/mol. The van der Waals surface area contributed by atoms with Gasteiger partial charge in [0.05, 0.1) is 22.9 Å². The average molecular weight is 289 g/mol. The molecule has 2 rings (SSSR count). The molecule has 1 aromatic heterocycles. The molecule has 1 fully saturated rings. The zero-order valence-corrected chi connectivity index (χ0v) is 10.7. The maximum Gasteiger partial charge on any atom is 0.136 e. The third kappa shape index (κ3) is 2.85. The summed E-state index contributed by atoms with van der Waals surface area (Å²) in [4.78, 5) is 0. The van der Waals surface area contributed by atoms with Gasteiger partial charge in [0, 0.05) is 6.61 Å². The van der Waals surface area contributed by atoms with Gasteiger partial charge < -0.3 is 9.15 Å². The van der Waals surface area contributed by atoms with Crippen LogP contribution in [-0.2, 0) is 4.74 Å². The molecule has 2 atom stereocenters. The van der Waals surface area contributed by atoms with E-state index < -0.39 is 0 Å². The number of rotatable bonds is 5. The van der Waals surface area contributed by atoms with Gasteiger partial charge in [0.2, 0.25) is 0 Å². The van der Waals surface area contributed by atoms with Gasteiger partial charge in [-0.05, 0) is 47.7 Å². The van der Waals surface area contributed by atoms with Crippen molar-refractivity contribution < 1.29 is 9.15 Å². The van der Waals surface area contributed by atoms with Gasteiger partial charge in [0.15, 0.2) is 0 Å². The molecule has 0 aliphatic carbocycles. The van der Waals surface area contributed by atoms with Gasteiger partial charge in [-0.3, -0.25) is 5.84 Å². The number of nitrogens with two attached hydrogens (primary N) is 1. The summed E-state index contributed by atoms with van der Waals surface area (Å²) in [5.41, 5.74) is 2.79. The van der Waals surface area contributed by atoms with Gasteiger partial charge in [-0.25, -0.2) is 5.43 Å². The van der Waals surface area contributed by atoms with Gasteiger partial charge in [-0.2, -0.15) is 0 Å². The molecule has 0 amide bonds. The molecule has 1 aromatic rings. The second-order valence-corrected chi connectivity index (χ2v) is 4.92. The van der Waals surface area contributed by atoms with Crippen molar-refractivity contribution in [2.75, 3.05) is 6.61 Å². The molecule has 0 spiro atoms. The minimum absolute atomic E-state index is 0.0496. The van der Waals surface area contributed by atoms with E-state index in [0.717, 1.165) is 36.1 Å². The molecule has 4 nitrogen and oxygen atoms in total. The summed E-state index contributed by atoms with van der Waals surface area (Å²) in [7, 11) is 0. The van der Waals surface area contributed by atoms with Gasteiger partial charge in [-0.15, -0.1) is 0 Å². The SMILES string of the molecule is NNC(CCC1CCCO1)c1occc1Br. The Hall–Kier alpha value is -0.360. The van der Waals surface area contributed by atoms with Crippen molar-refractivity contribution in [1.29, 1.82) is 0 Å². The van der Waals surface area contributed by atoms with E-state index in [9.17, 15) is 0 Å². The average Bonchev–Trinajstić information content (AvgIpc) is 2.92. The third-order valence-corrected chi connectivity index (χ3v) is 3.62. The summed E-state index contributed by atoms with van der Waals surface area (Å²) in [6.45, 7) is 0.899. The monoisotopic (exact) mass is 288 g/mol. The van der Waals surface area contributed by atoms with Crippen molar-refractivity contribution in [2.45, 2.75) is 37.8 Å². The van der Waals surface area contributed by atoms with Crippen molar-refractivity contribution in [3.63, 3.8) is 0 Å². The molecule has 5 heteroatoms. The smallest absolute Gasteiger partial charge is 0.136 e. The summed E-state index contributed by atoms with van der Waals surface area (Å²) in [6, 6.07) is 1.93. The Morgan fingerprint density at radius 1 is 1.62 bits per heavy atom. The fraction of sp³-hybridized carbons (Fsp3) is 0.636. The molecule has 90 valence electrons. The first-order valence-electron chi connectivity index (χ1n) is 5.62. The Bertz CT molecular complexity index is 324. The molecule has 1 saturated heterocycles. The molecule has 0 saturated carbocycles. The Kier molecular flexibility index (Phi) is 4.40. The van der Waals surface area contributed by atoms with Crippen molar-refractivity contribution in [1.82, 2.24) is 5.43 Å². The number of hydrogen-bond acceptors (Lipinski definition) is 4. The Morgan fingerprint density at radius 3 is 3.06 bits per heavy atom. The van der Waals surface area contributed by atoms with Crippen molar-refractivity contribution in [3.05, 3.63) is 22.6 Å². The lowest BCUT2D eigenvalue weighted by molar-refractivity contribution is 0.0988. The fourth-order valence-corrected chi connectivity index (χ4v) is 2.55. The van der Waals surface area contributed by atoms with E-state index in [0.29, 0.717) is 6.10 Å². The number of halogens is 1. The number of furan rings is 1. The second-order valence-electron chi connectivity index (χ2n) is 4.06. The van der Waals surface area contributed by atoms with Crippen LogP contribution in [0.3, 0.4) is 0 Å².